The van der Waals surface area contributed by atoms with Gasteiger partial charge in [0, 0.05) is 29.8 Å². The topological polar surface area (TPSA) is 122 Å². The molecule has 1 aliphatic rings. The summed E-state index contributed by atoms with van der Waals surface area (Å²) in [7, 11) is 0. The quantitative estimate of drug-likeness (QED) is 0.713. The lowest BCUT2D eigenvalue weighted by molar-refractivity contribution is -0.115. The van der Waals surface area contributed by atoms with Gasteiger partial charge in [0.05, 0.1) is 12.1 Å². The van der Waals surface area contributed by atoms with Crippen molar-refractivity contribution in [1.29, 1.82) is 0 Å². The van der Waals surface area contributed by atoms with E-state index in [9.17, 15) is 9.59 Å². The maximum Gasteiger partial charge on any atom is 0.407 e. The van der Waals surface area contributed by atoms with Gasteiger partial charge in [-0.3, -0.25) is 9.89 Å². The van der Waals surface area contributed by atoms with Crippen LogP contribution < -0.4 is 10.6 Å². The summed E-state index contributed by atoms with van der Waals surface area (Å²) in [6, 6.07) is 3.60. The van der Waals surface area contributed by atoms with E-state index in [2.05, 4.69) is 26.0 Å². The van der Waals surface area contributed by atoms with Gasteiger partial charge in [-0.05, 0) is 40.0 Å². The predicted octanol–water partition coefficient (Wildman–Crippen LogP) is 2.66. The molecule has 0 bridgehead atoms. The maximum absolute atomic E-state index is 12.1. The molecule has 1 aliphatic carbocycles. The Morgan fingerprint density at radius 2 is 2.19 bits per heavy atom. The fourth-order valence-electron chi connectivity index (χ4n) is 3.21. The van der Waals surface area contributed by atoms with Crippen LogP contribution in [-0.4, -0.2) is 39.5 Å². The Bertz CT molecular complexity index is 797. The number of alkyl carbamates (subject to hydrolysis) is 1. The van der Waals surface area contributed by atoms with Crippen LogP contribution in [0.2, 0.25) is 0 Å². The molecule has 0 aromatic carbocycles. The van der Waals surface area contributed by atoms with E-state index < -0.39 is 0 Å². The van der Waals surface area contributed by atoms with Crippen molar-refractivity contribution in [3.8, 4) is 0 Å². The number of amides is 2. The summed E-state index contributed by atoms with van der Waals surface area (Å²) in [5, 5.41) is 16.4. The third-order valence-corrected chi connectivity index (χ3v) is 4.39. The smallest absolute Gasteiger partial charge is 0.407 e. The lowest BCUT2D eigenvalue weighted by Crippen LogP contribution is -2.33. The van der Waals surface area contributed by atoms with Gasteiger partial charge in [-0.2, -0.15) is 5.10 Å². The van der Waals surface area contributed by atoms with Crippen LogP contribution in [0.5, 0.6) is 0 Å². The van der Waals surface area contributed by atoms with Gasteiger partial charge in [-0.15, -0.1) is 0 Å². The van der Waals surface area contributed by atoms with Gasteiger partial charge in [-0.1, -0.05) is 5.16 Å². The summed E-state index contributed by atoms with van der Waals surface area (Å²) < 4.78 is 10.4. The Hall–Kier alpha value is -2.84. The third kappa shape index (κ3) is 5.32. The van der Waals surface area contributed by atoms with Crippen LogP contribution in [0, 0.1) is 6.92 Å². The summed E-state index contributed by atoms with van der Waals surface area (Å²) in [6.07, 6.45) is 2.08. The number of ether oxygens (including phenoxy) is 1. The van der Waals surface area contributed by atoms with E-state index in [0.717, 1.165) is 25.0 Å². The molecule has 2 aromatic heterocycles. The van der Waals surface area contributed by atoms with Crippen LogP contribution in [0.25, 0.3) is 0 Å². The average molecular weight is 375 g/mol. The zero-order valence-corrected chi connectivity index (χ0v) is 15.7. The van der Waals surface area contributed by atoms with Crippen LogP contribution >= 0.6 is 0 Å². The standard InChI is InChI=1S/C18H25N5O4/c1-10(2)19-18(25)26-14-5-4-12(7-14)15-9-16(22-21-15)20-17(24)8-13-6-11(3)27-23-13/h6,9-10,12,14H,4-5,7-8H2,1-3H3,(H,19,25)(H2,20,21,22,24). The van der Waals surface area contributed by atoms with E-state index in [-0.39, 0.29) is 36.5 Å². The molecule has 3 rings (SSSR count). The Kier molecular flexibility index (Phi) is 5.78. The van der Waals surface area contributed by atoms with Crippen LogP contribution in [0.4, 0.5) is 10.6 Å². The molecular formula is C18H25N5O4. The highest BCUT2D eigenvalue weighted by Crippen LogP contribution is 2.35. The van der Waals surface area contributed by atoms with Gasteiger partial charge < -0.3 is 19.9 Å². The minimum Gasteiger partial charge on any atom is -0.446 e. The van der Waals surface area contributed by atoms with Crippen LogP contribution in [0.15, 0.2) is 16.7 Å². The lowest BCUT2D eigenvalue weighted by Gasteiger charge is -2.14. The average Bonchev–Trinajstić information content (AvgIpc) is 3.28. The summed E-state index contributed by atoms with van der Waals surface area (Å²) in [6.45, 7) is 5.56. The van der Waals surface area contributed by atoms with E-state index in [0.29, 0.717) is 17.3 Å². The summed E-state index contributed by atoms with van der Waals surface area (Å²) in [4.78, 5) is 23.8. The fraction of sp³-hybridized carbons (Fsp3) is 0.556. The molecule has 2 unspecified atom stereocenters. The van der Waals surface area contributed by atoms with Crippen molar-refractivity contribution in [1.82, 2.24) is 20.7 Å². The van der Waals surface area contributed by atoms with Crippen molar-refractivity contribution in [3.05, 3.63) is 29.3 Å². The molecular weight excluding hydrogens is 350 g/mol. The van der Waals surface area contributed by atoms with E-state index in [1.54, 1.807) is 13.0 Å². The van der Waals surface area contributed by atoms with Crippen molar-refractivity contribution in [3.63, 3.8) is 0 Å². The van der Waals surface area contributed by atoms with Crippen molar-refractivity contribution in [2.24, 2.45) is 0 Å². The molecule has 9 heteroatoms. The highest BCUT2D eigenvalue weighted by atomic mass is 16.6. The van der Waals surface area contributed by atoms with Crippen LogP contribution in [0.3, 0.4) is 0 Å². The number of nitrogens with one attached hydrogen (secondary N) is 3. The van der Waals surface area contributed by atoms with Gasteiger partial charge in [0.25, 0.3) is 0 Å². The zero-order valence-electron chi connectivity index (χ0n) is 15.7. The van der Waals surface area contributed by atoms with Crippen molar-refractivity contribution in [2.45, 2.75) is 64.5 Å². The van der Waals surface area contributed by atoms with Crippen molar-refractivity contribution < 1.29 is 18.8 Å². The fourth-order valence-corrected chi connectivity index (χ4v) is 3.21. The van der Waals surface area contributed by atoms with Crippen LogP contribution in [0.1, 0.15) is 56.2 Å². The monoisotopic (exact) mass is 375 g/mol. The number of nitrogens with zero attached hydrogens (tertiary/aromatic N) is 2. The van der Waals surface area contributed by atoms with Crippen LogP contribution in [-0.2, 0) is 16.0 Å². The number of rotatable bonds is 6. The Balaban J connectivity index is 1.49. The van der Waals surface area contributed by atoms with Crippen molar-refractivity contribution in [2.75, 3.05) is 5.32 Å². The number of aromatic nitrogens is 3. The number of aryl methyl sites for hydroxylation is 1. The van der Waals surface area contributed by atoms with Gasteiger partial charge in [0.2, 0.25) is 5.91 Å². The molecule has 2 aromatic rings. The number of carbonyl (C=O) groups excluding carboxylic acids is 2. The molecule has 2 heterocycles. The van der Waals surface area contributed by atoms with E-state index in [1.165, 1.54) is 0 Å². The first-order chi connectivity index (χ1) is 12.9. The summed E-state index contributed by atoms with van der Waals surface area (Å²) >= 11 is 0. The molecule has 1 fully saturated rings. The van der Waals surface area contributed by atoms with Gasteiger partial charge in [0.15, 0.2) is 5.82 Å². The zero-order chi connectivity index (χ0) is 19.4. The maximum atomic E-state index is 12.1. The molecule has 2 atom stereocenters. The molecule has 9 nitrogen and oxygen atoms in total. The van der Waals surface area contributed by atoms with Crippen molar-refractivity contribution >= 4 is 17.8 Å². The number of aromatic amines is 1. The minimum atomic E-state index is -0.378. The molecule has 0 aliphatic heterocycles. The second kappa shape index (κ2) is 8.24. The molecule has 0 saturated heterocycles. The normalized spacial score (nSPS) is 19.3. The predicted molar refractivity (Wildman–Crippen MR) is 97.3 cm³/mol. The first-order valence-corrected chi connectivity index (χ1v) is 9.13. The second-order valence-corrected chi connectivity index (χ2v) is 7.20. The number of hydrogen-bond donors (Lipinski definition) is 3. The molecule has 146 valence electrons. The van der Waals surface area contributed by atoms with E-state index in [4.69, 9.17) is 9.26 Å². The number of H-pyrrole nitrogens is 1. The van der Waals surface area contributed by atoms with Gasteiger partial charge >= 0.3 is 6.09 Å². The Morgan fingerprint density at radius 1 is 1.37 bits per heavy atom. The molecule has 0 spiro atoms. The summed E-state index contributed by atoms with van der Waals surface area (Å²) in [5.41, 5.74) is 1.51. The lowest BCUT2D eigenvalue weighted by atomic mass is 10.0. The number of anilines is 1. The first-order valence-electron chi connectivity index (χ1n) is 9.13. The number of carbonyl (C=O) groups is 2. The van der Waals surface area contributed by atoms with E-state index in [1.807, 2.05) is 19.9 Å². The van der Waals surface area contributed by atoms with Gasteiger partial charge in [-0.25, -0.2) is 4.79 Å². The van der Waals surface area contributed by atoms with E-state index >= 15 is 0 Å². The first kappa shape index (κ1) is 18.9. The molecule has 2 amide bonds. The summed E-state index contributed by atoms with van der Waals surface area (Å²) in [5.74, 6) is 1.15. The molecule has 3 N–H and O–H groups in total. The number of hydrogen-bond acceptors (Lipinski definition) is 6. The highest BCUT2D eigenvalue weighted by Gasteiger charge is 2.30. The second-order valence-electron chi connectivity index (χ2n) is 7.20. The highest BCUT2D eigenvalue weighted by molar-refractivity contribution is 5.91. The Morgan fingerprint density at radius 3 is 2.89 bits per heavy atom. The third-order valence-electron chi connectivity index (χ3n) is 4.39. The molecule has 1 saturated carbocycles. The largest absolute Gasteiger partial charge is 0.446 e. The van der Waals surface area contributed by atoms with Gasteiger partial charge in [0.1, 0.15) is 11.9 Å². The Labute approximate surface area is 157 Å². The molecule has 27 heavy (non-hydrogen) atoms. The SMILES string of the molecule is Cc1cc(CC(=O)Nc2cc(C3CCC(OC(=O)NC(C)C)C3)[nH]n2)no1. The minimum absolute atomic E-state index is 0.0506. The molecule has 0 radical (unpaired) electrons.